The Bertz CT molecular complexity index is 362. The smallest absolute Gasteiger partial charge is 0.220 e. The molecule has 1 N–H and O–H groups in total. The number of halogens is 2. The van der Waals surface area contributed by atoms with Gasteiger partial charge in [0.15, 0.2) is 0 Å². The largest absolute Gasteiger partial charge is 0.355 e. The van der Waals surface area contributed by atoms with Gasteiger partial charge in [0, 0.05) is 24.9 Å². The van der Waals surface area contributed by atoms with Crippen LogP contribution >= 0.6 is 0 Å². The van der Waals surface area contributed by atoms with Crippen LogP contribution in [0.4, 0.5) is 8.78 Å². The summed E-state index contributed by atoms with van der Waals surface area (Å²) in [5, 5.41) is 2.69. The maximum Gasteiger partial charge on any atom is 0.220 e. The minimum Gasteiger partial charge on any atom is -0.355 e. The predicted molar refractivity (Wildman–Crippen MR) is 51.3 cm³/mol. The molecule has 1 amide bonds. The Morgan fingerprint density at radius 2 is 1.87 bits per heavy atom. The van der Waals surface area contributed by atoms with E-state index >= 15 is 0 Å². The fourth-order valence-corrected chi connectivity index (χ4v) is 1.83. The van der Waals surface area contributed by atoms with Crippen molar-refractivity contribution in [3.05, 3.63) is 35.4 Å². The number of hydrogen-bond acceptors (Lipinski definition) is 1. The number of hydrogen-bond donors (Lipinski definition) is 1. The number of rotatable bonds is 1. The normalized spacial score (nSPS) is 21.2. The number of nitrogens with one attached hydrogen (secondary N) is 1. The SMILES string of the molecule is O=C1CCC(c2cc(F)cc(F)c2)CN1. The van der Waals surface area contributed by atoms with Crippen molar-refractivity contribution >= 4 is 5.91 Å². The number of carbonyl (C=O) groups excluding carboxylic acids is 1. The lowest BCUT2D eigenvalue weighted by molar-refractivity contribution is -0.122. The maximum absolute atomic E-state index is 12.9. The summed E-state index contributed by atoms with van der Waals surface area (Å²) >= 11 is 0. The molecule has 1 atom stereocenters. The summed E-state index contributed by atoms with van der Waals surface area (Å²) < 4.78 is 25.9. The minimum atomic E-state index is -0.568. The van der Waals surface area contributed by atoms with Crippen molar-refractivity contribution in [3.8, 4) is 0 Å². The molecule has 1 aromatic rings. The first-order valence-corrected chi connectivity index (χ1v) is 4.88. The van der Waals surface area contributed by atoms with Gasteiger partial charge in [-0.05, 0) is 24.1 Å². The van der Waals surface area contributed by atoms with E-state index in [2.05, 4.69) is 5.32 Å². The quantitative estimate of drug-likeness (QED) is 0.755. The van der Waals surface area contributed by atoms with E-state index in [0.29, 0.717) is 24.9 Å². The van der Waals surface area contributed by atoms with Crippen LogP contribution in [0.25, 0.3) is 0 Å². The number of benzene rings is 1. The van der Waals surface area contributed by atoms with E-state index in [9.17, 15) is 13.6 Å². The molecule has 2 nitrogen and oxygen atoms in total. The molecule has 1 aliphatic heterocycles. The Morgan fingerprint density at radius 3 is 2.40 bits per heavy atom. The fraction of sp³-hybridized carbons (Fsp3) is 0.364. The van der Waals surface area contributed by atoms with Crippen LogP contribution < -0.4 is 5.32 Å². The summed E-state index contributed by atoms with van der Waals surface area (Å²) in [7, 11) is 0. The standard InChI is InChI=1S/C11H11F2NO/c12-9-3-8(4-10(13)5-9)7-1-2-11(15)14-6-7/h3-5,7H,1-2,6H2,(H,14,15). The van der Waals surface area contributed by atoms with Crippen molar-refractivity contribution in [2.75, 3.05) is 6.54 Å². The molecule has 0 saturated carbocycles. The zero-order valence-corrected chi connectivity index (χ0v) is 8.09. The molecule has 1 saturated heterocycles. The second-order valence-electron chi connectivity index (χ2n) is 3.74. The van der Waals surface area contributed by atoms with Crippen LogP contribution in [-0.4, -0.2) is 12.5 Å². The number of carbonyl (C=O) groups is 1. The van der Waals surface area contributed by atoms with Gasteiger partial charge in [-0.15, -0.1) is 0 Å². The van der Waals surface area contributed by atoms with Gasteiger partial charge in [0.05, 0.1) is 0 Å². The molecule has 0 spiro atoms. The van der Waals surface area contributed by atoms with Gasteiger partial charge in [0.2, 0.25) is 5.91 Å². The van der Waals surface area contributed by atoms with Gasteiger partial charge >= 0.3 is 0 Å². The van der Waals surface area contributed by atoms with Gasteiger partial charge in [-0.25, -0.2) is 8.78 Å². The minimum absolute atomic E-state index is 0.00289. The number of amides is 1. The van der Waals surface area contributed by atoms with Gasteiger partial charge < -0.3 is 5.32 Å². The molecular formula is C11H11F2NO. The Hall–Kier alpha value is -1.45. The fourth-order valence-electron chi connectivity index (χ4n) is 1.83. The Kier molecular flexibility index (Phi) is 2.66. The predicted octanol–water partition coefficient (Wildman–Crippen LogP) is 1.96. The molecule has 0 bridgehead atoms. The highest BCUT2D eigenvalue weighted by atomic mass is 19.1. The first-order chi connectivity index (χ1) is 7.15. The molecule has 0 aliphatic carbocycles. The second-order valence-corrected chi connectivity index (χ2v) is 3.74. The highest BCUT2D eigenvalue weighted by Gasteiger charge is 2.20. The summed E-state index contributed by atoms with van der Waals surface area (Å²) in [5.74, 6) is -1.11. The summed E-state index contributed by atoms with van der Waals surface area (Å²) in [6.45, 7) is 0.460. The lowest BCUT2D eigenvalue weighted by Crippen LogP contribution is -2.33. The molecule has 0 radical (unpaired) electrons. The van der Waals surface area contributed by atoms with Crippen LogP contribution in [0.5, 0.6) is 0 Å². The van der Waals surface area contributed by atoms with E-state index in [1.165, 1.54) is 12.1 Å². The lowest BCUT2D eigenvalue weighted by atomic mass is 9.91. The van der Waals surface area contributed by atoms with E-state index < -0.39 is 11.6 Å². The first kappa shape index (κ1) is 10.1. The van der Waals surface area contributed by atoms with Crippen molar-refractivity contribution in [2.45, 2.75) is 18.8 Å². The van der Waals surface area contributed by atoms with E-state index in [4.69, 9.17) is 0 Å². The third kappa shape index (κ3) is 2.32. The van der Waals surface area contributed by atoms with E-state index in [-0.39, 0.29) is 11.8 Å². The highest BCUT2D eigenvalue weighted by Crippen LogP contribution is 2.24. The van der Waals surface area contributed by atoms with Crippen molar-refractivity contribution in [2.24, 2.45) is 0 Å². The van der Waals surface area contributed by atoms with Crippen LogP contribution in [0.3, 0.4) is 0 Å². The molecule has 4 heteroatoms. The molecule has 1 aromatic carbocycles. The molecule has 15 heavy (non-hydrogen) atoms. The molecular weight excluding hydrogens is 200 g/mol. The number of piperidine rings is 1. The molecule has 1 heterocycles. The van der Waals surface area contributed by atoms with Gasteiger partial charge in [-0.2, -0.15) is 0 Å². The van der Waals surface area contributed by atoms with Gasteiger partial charge in [-0.3, -0.25) is 4.79 Å². The lowest BCUT2D eigenvalue weighted by Gasteiger charge is -2.22. The monoisotopic (exact) mass is 211 g/mol. The van der Waals surface area contributed by atoms with Crippen LogP contribution in [0.15, 0.2) is 18.2 Å². The van der Waals surface area contributed by atoms with Crippen molar-refractivity contribution in [1.29, 1.82) is 0 Å². The summed E-state index contributed by atoms with van der Waals surface area (Å²) in [4.78, 5) is 10.9. The van der Waals surface area contributed by atoms with Crippen LogP contribution in [0.2, 0.25) is 0 Å². The summed E-state index contributed by atoms with van der Waals surface area (Å²) in [6.07, 6.45) is 1.07. The Morgan fingerprint density at radius 1 is 1.20 bits per heavy atom. The zero-order valence-electron chi connectivity index (χ0n) is 8.09. The van der Waals surface area contributed by atoms with E-state index in [0.717, 1.165) is 6.07 Å². The third-order valence-corrected chi connectivity index (χ3v) is 2.62. The average Bonchev–Trinajstić information content (AvgIpc) is 2.17. The topological polar surface area (TPSA) is 29.1 Å². The van der Waals surface area contributed by atoms with Gasteiger partial charge in [0.1, 0.15) is 11.6 Å². The second kappa shape index (κ2) is 3.96. The molecule has 1 unspecified atom stereocenters. The Balaban J connectivity index is 2.18. The average molecular weight is 211 g/mol. The molecule has 0 aromatic heterocycles. The summed E-state index contributed by atoms with van der Waals surface area (Å²) in [6, 6.07) is 3.50. The molecule has 1 fully saturated rings. The van der Waals surface area contributed by atoms with Gasteiger partial charge in [0.25, 0.3) is 0 Å². The summed E-state index contributed by atoms with van der Waals surface area (Å²) in [5.41, 5.74) is 0.618. The first-order valence-electron chi connectivity index (χ1n) is 4.88. The van der Waals surface area contributed by atoms with E-state index in [1.807, 2.05) is 0 Å². The van der Waals surface area contributed by atoms with Crippen LogP contribution in [0.1, 0.15) is 24.3 Å². The van der Waals surface area contributed by atoms with Crippen LogP contribution in [0, 0.1) is 11.6 Å². The molecule has 2 rings (SSSR count). The molecule has 80 valence electrons. The molecule has 1 aliphatic rings. The Labute approximate surface area is 86.3 Å². The maximum atomic E-state index is 12.9. The van der Waals surface area contributed by atoms with Gasteiger partial charge in [-0.1, -0.05) is 0 Å². The highest BCUT2D eigenvalue weighted by molar-refractivity contribution is 5.76. The third-order valence-electron chi connectivity index (χ3n) is 2.62. The van der Waals surface area contributed by atoms with Crippen molar-refractivity contribution in [3.63, 3.8) is 0 Å². The van der Waals surface area contributed by atoms with Crippen molar-refractivity contribution in [1.82, 2.24) is 5.32 Å². The zero-order chi connectivity index (χ0) is 10.8. The van der Waals surface area contributed by atoms with Crippen LogP contribution in [-0.2, 0) is 4.79 Å². The van der Waals surface area contributed by atoms with E-state index in [1.54, 1.807) is 0 Å². The van der Waals surface area contributed by atoms with Crippen molar-refractivity contribution < 1.29 is 13.6 Å².